The lowest BCUT2D eigenvalue weighted by molar-refractivity contribution is -0.132. The van der Waals surface area contributed by atoms with E-state index in [1.165, 1.54) is 25.1 Å². The summed E-state index contributed by atoms with van der Waals surface area (Å²) in [7, 11) is 0. The fraction of sp³-hybridized carbons (Fsp3) is 0.300. The van der Waals surface area contributed by atoms with E-state index in [9.17, 15) is 13.6 Å². The van der Waals surface area contributed by atoms with Gasteiger partial charge in [0, 0.05) is 23.7 Å². The second-order valence-electron chi connectivity index (χ2n) is 3.16. The Hall–Kier alpha value is -1.69. The zero-order valence-electron chi connectivity index (χ0n) is 8.67. The Bertz CT molecular complexity index is 383. The second kappa shape index (κ2) is 5.41. The van der Waals surface area contributed by atoms with Gasteiger partial charge in [0.1, 0.15) is 6.61 Å². The minimum absolute atomic E-state index is 0.186. The van der Waals surface area contributed by atoms with Crippen molar-refractivity contribution in [2.75, 3.05) is 5.73 Å². The summed E-state index contributed by atoms with van der Waals surface area (Å²) in [5, 5.41) is 0. The van der Waals surface area contributed by atoms with Crippen LogP contribution in [0.1, 0.15) is 24.5 Å². The summed E-state index contributed by atoms with van der Waals surface area (Å²) in [6, 6.07) is 4.21. The van der Waals surface area contributed by atoms with Gasteiger partial charge in [-0.05, 0) is 6.07 Å². The summed E-state index contributed by atoms with van der Waals surface area (Å²) >= 11 is 0. The molecule has 0 saturated carbocycles. The smallest absolute Gasteiger partial charge is 0.264 e. The minimum Gasteiger partial charge on any atom is -0.398 e. The first-order valence-electron chi connectivity index (χ1n) is 4.56. The second-order valence-corrected chi connectivity index (χ2v) is 3.16. The molecule has 1 amide bonds. The zero-order valence-corrected chi connectivity index (χ0v) is 8.67. The van der Waals surface area contributed by atoms with E-state index < -0.39 is 12.3 Å². The van der Waals surface area contributed by atoms with Crippen LogP contribution in [0.4, 0.5) is 14.5 Å². The van der Waals surface area contributed by atoms with Crippen molar-refractivity contribution >= 4 is 11.6 Å². The Morgan fingerprint density at radius 3 is 2.81 bits per heavy atom. The number of anilines is 1. The lowest BCUT2D eigenvalue weighted by atomic mass is 10.1. The molecule has 1 rings (SSSR count). The van der Waals surface area contributed by atoms with Crippen LogP contribution in [0.5, 0.6) is 0 Å². The highest BCUT2D eigenvalue weighted by molar-refractivity contribution is 5.71. The number of amides is 1. The Morgan fingerprint density at radius 1 is 1.56 bits per heavy atom. The van der Waals surface area contributed by atoms with Gasteiger partial charge in [-0.2, -0.15) is 0 Å². The van der Waals surface area contributed by atoms with Crippen LogP contribution >= 0.6 is 0 Å². The molecule has 0 atom stereocenters. The number of halogens is 2. The number of alkyl halides is 2. The topological polar surface area (TPSA) is 64.3 Å². The number of hydrogen-bond acceptors (Lipinski definition) is 3. The van der Waals surface area contributed by atoms with Crippen molar-refractivity contribution < 1.29 is 18.4 Å². The van der Waals surface area contributed by atoms with Crippen LogP contribution in [0.15, 0.2) is 18.2 Å². The van der Waals surface area contributed by atoms with E-state index in [-0.39, 0.29) is 23.4 Å². The molecule has 0 saturated heterocycles. The lowest BCUT2D eigenvalue weighted by Crippen LogP contribution is -2.20. The summed E-state index contributed by atoms with van der Waals surface area (Å²) in [6.45, 7) is 1.06. The lowest BCUT2D eigenvalue weighted by Gasteiger charge is -2.11. The molecule has 1 aromatic carbocycles. The molecule has 0 radical (unpaired) electrons. The van der Waals surface area contributed by atoms with E-state index in [0.717, 1.165) is 0 Å². The van der Waals surface area contributed by atoms with Gasteiger partial charge in [0.05, 0.1) is 0 Å². The van der Waals surface area contributed by atoms with Gasteiger partial charge in [0.2, 0.25) is 5.91 Å². The number of nitrogens with one attached hydrogen (secondary N) is 1. The normalized spacial score (nSPS) is 10.5. The molecule has 16 heavy (non-hydrogen) atoms. The van der Waals surface area contributed by atoms with E-state index >= 15 is 0 Å². The quantitative estimate of drug-likeness (QED) is 0.612. The highest BCUT2D eigenvalue weighted by Crippen LogP contribution is 2.27. The average Bonchev–Trinajstić information content (AvgIpc) is 2.19. The maximum absolute atomic E-state index is 12.6. The van der Waals surface area contributed by atoms with Crippen molar-refractivity contribution in [3.05, 3.63) is 29.3 Å². The third-order valence-corrected chi connectivity index (χ3v) is 1.92. The molecular formula is C10H12F2N2O2. The van der Waals surface area contributed by atoms with Gasteiger partial charge in [-0.3, -0.25) is 9.63 Å². The SMILES string of the molecule is CC(=O)NOCc1c(N)cccc1C(F)F. The standard InChI is InChI=1S/C10H12F2N2O2/c1-6(15)14-16-5-8-7(10(11)12)3-2-4-9(8)13/h2-4,10H,5,13H2,1H3,(H,14,15). The molecule has 0 fully saturated rings. The number of hydrogen-bond donors (Lipinski definition) is 2. The molecule has 0 aliphatic carbocycles. The van der Waals surface area contributed by atoms with Gasteiger partial charge in [-0.15, -0.1) is 0 Å². The number of carbonyl (C=O) groups excluding carboxylic acids is 1. The zero-order chi connectivity index (χ0) is 12.1. The molecule has 1 aromatic rings. The molecule has 0 heterocycles. The van der Waals surface area contributed by atoms with Crippen LogP contribution in [0.3, 0.4) is 0 Å². The van der Waals surface area contributed by atoms with Gasteiger partial charge in [0.25, 0.3) is 6.43 Å². The monoisotopic (exact) mass is 230 g/mol. The van der Waals surface area contributed by atoms with E-state index in [1.54, 1.807) is 0 Å². The molecule has 88 valence electrons. The number of benzene rings is 1. The van der Waals surface area contributed by atoms with Crippen LogP contribution in [-0.2, 0) is 16.2 Å². The summed E-state index contributed by atoms with van der Waals surface area (Å²) in [4.78, 5) is 15.3. The molecule has 0 aliphatic rings. The van der Waals surface area contributed by atoms with Crippen molar-refractivity contribution in [3.8, 4) is 0 Å². The molecule has 0 bridgehead atoms. The molecule has 0 spiro atoms. The van der Waals surface area contributed by atoms with Crippen molar-refractivity contribution in [1.29, 1.82) is 0 Å². The maximum atomic E-state index is 12.6. The predicted molar refractivity (Wildman–Crippen MR) is 54.4 cm³/mol. The number of nitrogens with two attached hydrogens (primary N) is 1. The third-order valence-electron chi connectivity index (χ3n) is 1.92. The van der Waals surface area contributed by atoms with Crippen molar-refractivity contribution in [2.45, 2.75) is 20.0 Å². The molecule has 0 aromatic heterocycles. The van der Waals surface area contributed by atoms with Gasteiger partial charge in [-0.1, -0.05) is 12.1 Å². The molecule has 0 aliphatic heterocycles. The first-order chi connectivity index (χ1) is 7.52. The highest BCUT2D eigenvalue weighted by Gasteiger charge is 2.15. The van der Waals surface area contributed by atoms with Gasteiger partial charge in [-0.25, -0.2) is 14.3 Å². The molecule has 0 unspecified atom stereocenters. The van der Waals surface area contributed by atoms with Crippen LogP contribution in [0, 0.1) is 0 Å². The fourth-order valence-electron chi connectivity index (χ4n) is 1.20. The van der Waals surface area contributed by atoms with Gasteiger partial charge in [0.15, 0.2) is 0 Å². The fourth-order valence-corrected chi connectivity index (χ4v) is 1.20. The Kier molecular flexibility index (Phi) is 4.19. The van der Waals surface area contributed by atoms with Crippen molar-refractivity contribution in [2.24, 2.45) is 0 Å². The number of nitrogen functional groups attached to an aromatic ring is 1. The molecule has 6 heteroatoms. The van der Waals surface area contributed by atoms with Crippen LogP contribution in [0.2, 0.25) is 0 Å². The van der Waals surface area contributed by atoms with Crippen molar-refractivity contribution in [1.82, 2.24) is 5.48 Å². The summed E-state index contributed by atoms with van der Waals surface area (Å²) < 4.78 is 25.2. The average molecular weight is 230 g/mol. The first kappa shape index (κ1) is 12.4. The van der Waals surface area contributed by atoms with E-state index in [1.807, 2.05) is 5.48 Å². The van der Waals surface area contributed by atoms with Crippen molar-refractivity contribution in [3.63, 3.8) is 0 Å². The minimum atomic E-state index is -2.63. The Balaban J connectivity index is 2.80. The maximum Gasteiger partial charge on any atom is 0.264 e. The number of rotatable bonds is 4. The Morgan fingerprint density at radius 2 is 2.25 bits per heavy atom. The largest absolute Gasteiger partial charge is 0.398 e. The van der Waals surface area contributed by atoms with Crippen LogP contribution in [0.25, 0.3) is 0 Å². The molecule has 3 N–H and O–H groups in total. The van der Waals surface area contributed by atoms with Gasteiger partial charge >= 0.3 is 0 Å². The molecular weight excluding hydrogens is 218 g/mol. The van der Waals surface area contributed by atoms with E-state index in [4.69, 9.17) is 10.6 Å². The third kappa shape index (κ3) is 3.16. The predicted octanol–water partition coefficient (Wildman–Crippen LogP) is 1.77. The first-order valence-corrected chi connectivity index (χ1v) is 4.56. The summed E-state index contributed by atoms with van der Waals surface area (Å²) in [5.41, 5.74) is 7.81. The number of hydroxylamine groups is 1. The Labute approximate surface area is 91.3 Å². The van der Waals surface area contributed by atoms with E-state index in [0.29, 0.717) is 0 Å². The summed E-state index contributed by atoms with van der Waals surface area (Å²) in [6.07, 6.45) is -2.63. The van der Waals surface area contributed by atoms with Gasteiger partial charge < -0.3 is 5.73 Å². The van der Waals surface area contributed by atoms with E-state index in [2.05, 4.69) is 0 Å². The molecule has 4 nitrogen and oxygen atoms in total. The van der Waals surface area contributed by atoms with Crippen LogP contribution < -0.4 is 11.2 Å². The summed E-state index contributed by atoms with van der Waals surface area (Å²) in [5.74, 6) is -0.409. The highest BCUT2D eigenvalue weighted by atomic mass is 19.3. The number of carbonyl (C=O) groups is 1. The van der Waals surface area contributed by atoms with Crippen LogP contribution in [-0.4, -0.2) is 5.91 Å².